The van der Waals surface area contributed by atoms with E-state index in [-0.39, 0.29) is 0 Å². The Bertz CT molecular complexity index is 993. The lowest BCUT2D eigenvalue weighted by molar-refractivity contribution is -0.132. The first-order chi connectivity index (χ1) is 15.3. The van der Waals surface area contributed by atoms with E-state index >= 15 is 0 Å². The zero-order valence-corrected chi connectivity index (χ0v) is 18.0. The standard InChI is InChI=1S/C26H30N4O/c31-26(21-9-10-21)30-14-4-13-29(15-16-30)24-8-1-5-20(18-24)17-22-6-3-12-28-25(22)23-7-2-11-27-19-23/h1-2,5,7-8,11,17-19,21H,3-4,6,9-10,12-16H2. The molecule has 2 aliphatic heterocycles. The highest BCUT2D eigenvalue weighted by molar-refractivity contribution is 6.15. The van der Waals surface area contributed by atoms with E-state index in [9.17, 15) is 4.79 Å². The first kappa shape index (κ1) is 20.0. The number of allylic oxidation sites excluding steroid dienone is 1. The third kappa shape index (κ3) is 4.71. The lowest BCUT2D eigenvalue weighted by Crippen LogP contribution is -2.36. The fourth-order valence-corrected chi connectivity index (χ4v) is 4.60. The Morgan fingerprint density at radius 3 is 2.81 bits per heavy atom. The molecule has 0 N–H and O–H groups in total. The number of aliphatic imine (C=N–C) groups is 1. The molecule has 1 aromatic heterocycles. The molecule has 0 spiro atoms. The summed E-state index contributed by atoms with van der Waals surface area (Å²) in [7, 11) is 0. The average molecular weight is 415 g/mol. The Morgan fingerprint density at radius 2 is 1.97 bits per heavy atom. The number of amides is 1. The van der Waals surface area contributed by atoms with Crippen LogP contribution in [0.5, 0.6) is 0 Å². The van der Waals surface area contributed by atoms with Crippen LogP contribution in [0.4, 0.5) is 5.69 Å². The first-order valence-corrected chi connectivity index (χ1v) is 11.6. The minimum Gasteiger partial charge on any atom is -0.370 e. The number of benzene rings is 1. The molecule has 1 aliphatic carbocycles. The highest BCUT2D eigenvalue weighted by atomic mass is 16.2. The van der Waals surface area contributed by atoms with Gasteiger partial charge >= 0.3 is 0 Å². The summed E-state index contributed by atoms with van der Waals surface area (Å²) in [4.78, 5) is 26.1. The Balaban J connectivity index is 1.33. The summed E-state index contributed by atoms with van der Waals surface area (Å²) in [6, 6.07) is 12.9. The number of nitrogens with zero attached hydrogens (tertiary/aromatic N) is 4. The van der Waals surface area contributed by atoms with Gasteiger partial charge in [-0.2, -0.15) is 0 Å². The highest BCUT2D eigenvalue weighted by Crippen LogP contribution is 2.31. The number of hydrogen-bond acceptors (Lipinski definition) is 4. The molecule has 5 nitrogen and oxygen atoms in total. The fraction of sp³-hybridized carbons (Fsp3) is 0.423. The van der Waals surface area contributed by atoms with Gasteiger partial charge in [-0.05, 0) is 73.6 Å². The molecule has 1 saturated carbocycles. The first-order valence-electron chi connectivity index (χ1n) is 11.6. The van der Waals surface area contributed by atoms with E-state index in [1.807, 2.05) is 12.3 Å². The van der Waals surface area contributed by atoms with Crippen LogP contribution in [-0.4, -0.2) is 54.2 Å². The minimum absolute atomic E-state index is 0.313. The van der Waals surface area contributed by atoms with Crippen LogP contribution in [0.3, 0.4) is 0 Å². The maximum absolute atomic E-state index is 12.5. The van der Waals surface area contributed by atoms with Gasteiger partial charge in [-0.25, -0.2) is 0 Å². The Kier molecular flexibility index (Phi) is 5.83. The predicted octanol–water partition coefficient (Wildman–Crippen LogP) is 4.20. The zero-order valence-electron chi connectivity index (χ0n) is 18.0. The van der Waals surface area contributed by atoms with E-state index in [1.165, 1.54) is 16.8 Å². The van der Waals surface area contributed by atoms with Gasteiger partial charge in [0, 0.05) is 62.3 Å². The van der Waals surface area contributed by atoms with Crippen LogP contribution < -0.4 is 4.90 Å². The molecule has 1 aromatic carbocycles. The highest BCUT2D eigenvalue weighted by Gasteiger charge is 2.33. The number of rotatable bonds is 4. The van der Waals surface area contributed by atoms with Crippen LogP contribution >= 0.6 is 0 Å². The summed E-state index contributed by atoms with van der Waals surface area (Å²) in [5, 5.41) is 0. The largest absolute Gasteiger partial charge is 0.370 e. The van der Waals surface area contributed by atoms with Gasteiger partial charge in [0.15, 0.2) is 0 Å². The lowest BCUT2D eigenvalue weighted by Gasteiger charge is -2.24. The second-order valence-corrected chi connectivity index (χ2v) is 8.78. The SMILES string of the molecule is O=C(C1CC1)N1CCCN(c2cccc(C=C3CCCN=C3c3cccnc3)c2)CC1. The smallest absolute Gasteiger partial charge is 0.225 e. The van der Waals surface area contributed by atoms with Crippen molar-refractivity contribution in [3.8, 4) is 0 Å². The van der Waals surface area contributed by atoms with Gasteiger partial charge in [0.05, 0.1) is 5.71 Å². The van der Waals surface area contributed by atoms with Crippen LogP contribution in [0.2, 0.25) is 0 Å². The molecule has 0 atom stereocenters. The summed E-state index contributed by atoms with van der Waals surface area (Å²) in [5.74, 6) is 0.688. The Morgan fingerprint density at radius 1 is 1.03 bits per heavy atom. The molecule has 2 aromatic rings. The van der Waals surface area contributed by atoms with E-state index < -0.39 is 0 Å². The van der Waals surface area contributed by atoms with Crippen molar-refractivity contribution < 1.29 is 4.79 Å². The zero-order chi connectivity index (χ0) is 21.0. The second-order valence-electron chi connectivity index (χ2n) is 8.78. The topological polar surface area (TPSA) is 48.8 Å². The monoisotopic (exact) mass is 414 g/mol. The molecular weight excluding hydrogens is 384 g/mol. The van der Waals surface area contributed by atoms with Gasteiger partial charge < -0.3 is 9.80 Å². The normalized spacial score (nSPS) is 21.0. The minimum atomic E-state index is 0.313. The van der Waals surface area contributed by atoms with Crippen LogP contribution in [0.1, 0.15) is 43.2 Å². The number of hydrogen-bond donors (Lipinski definition) is 0. The molecule has 3 heterocycles. The third-order valence-corrected chi connectivity index (χ3v) is 6.42. The molecule has 1 saturated heterocycles. The van der Waals surface area contributed by atoms with E-state index in [0.717, 1.165) is 76.1 Å². The maximum atomic E-state index is 12.5. The molecule has 0 unspecified atom stereocenters. The van der Waals surface area contributed by atoms with E-state index in [2.05, 4.69) is 51.2 Å². The molecule has 3 aliphatic rings. The second kappa shape index (κ2) is 9.04. The Hall–Kier alpha value is -2.95. The van der Waals surface area contributed by atoms with Gasteiger partial charge in [-0.15, -0.1) is 0 Å². The quantitative estimate of drug-likeness (QED) is 0.754. The number of carbonyl (C=O) groups excluding carboxylic acids is 1. The van der Waals surface area contributed by atoms with E-state index in [4.69, 9.17) is 4.99 Å². The molecule has 1 amide bonds. The van der Waals surface area contributed by atoms with Crippen molar-refractivity contribution in [2.45, 2.75) is 32.1 Å². The third-order valence-electron chi connectivity index (χ3n) is 6.42. The van der Waals surface area contributed by atoms with Crippen molar-refractivity contribution in [1.29, 1.82) is 0 Å². The van der Waals surface area contributed by atoms with Crippen molar-refractivity contribution in [3.05, 3.63) is 65.5 Å². The van der Waals surface area contributed by atoms with Gasteiger partial charge in [0.25, 0.3) is 0 Å². The molecular formula is C26H30N4O. The molecule has 0 bridgehead atoms. The molecule has 31 heavy (non-hydrogen) atoms. The van der Waals surface area contributed by atoms with Crippen LogP contribution in [0.15, 0.2) is 59.4 Å². The summed E-state index contributed by atoms with van der Waals surface area (Å²) in [6.07, 6.45) is 11.3. The summed E-state index contributed by atoms with van der Waals surface area (Å²) < 4.78 is 0. The fourth-order valence-electron chi connectivity index (χ4n) is 4.60. The average Bonchev–Trinajstić information content (AvgIpc) is 3.67. The summed E-state index contributed by atoms with van der Waals surface area (Å²) in [6.45, 7) is 4.50. The number of pyridine rings is 1. The van der Waals surface area contributed by atoms with E-state index in [0.29, 0.717) is 11.8 Å². The summed E-state index contributed by atoms with van der Waals surface area (Å²) >= 11 is 0. The van der Waals surface area contributed by atoms with Crippen molar-refractivity contribution in [1.82, 2.24) is 9.88 Å². The van der Waals surface area contributed by atoms with Crippen LogP contribution in [0, 0.1) is 5.92 Å². The van der Waals surface area contributed by atoms with Gasteiger partial charge in [-0.1, -0.05) is 12.1 Å². The van der Waals surface area contributed by atoms with Gasteiger partial charge in [-0.3, -0.25) is 14.8 Å². The Labute approximate surface area is 184 Å². The number of carbonyl (C=O) groups is 1. The van der Waals surface area contributed by atoms with Crippen LogP contribution in [-0.2, 0) is 4.79 Å². The predicted molar refractivity (Wildman–Crippen MR) is 125 cm³/mol. The van der Waals surface area contributed by atoms with Crippen molar-refractivity contribution in [3.63, 3.8) is 0 Å². The van der Waals surface area contributed by atoms with Gasteiger partial charge in [0.1, 0.15) is 0 Å². The molecule has 0 radical (unpaired) electrons. The molecule has 160 valence electrons. The van der Waals surface area contributed by atoms with Crippen molar-refractivity contribution >= 4 is 23.4 Å². The lowest BCUT2D eigenvalue weighted by atomic mass is 9.95. The molecule has 2 fully saturated rings. The van der Waals surface area contributed by atoms with Gasteiger partial charge in [0.2, 0.25) is 5.91 Å². The van der Waals surface area contributed by atoms with E-state index in [1.54, 1.807) is 6.20 Å². The van der Waals surface area contributed by atoms with Crippen LogP contribution in [0.25, 0.3) is 6.08 Å². The maximum Gasteiger partial charge on any atom is 0.225 e. The number of anilines is 1. The van der Waals surface area contributed by atoms with Crippen molar-refractivity contribution in [2.24, 2.45) is 10.9 Å². The van der Waals surface area contributed by atoms with Crippen molar-refractivity contribution in [2.75, 3.05) is 37.6 Å². The summed E-state index contributed by atoms with van der Waals surface area (Å²) in [5.41, 5.74) is 5.91. The molecule has 5 rings (SSSR count). The molecule has 5 heteroatoms. The number of aromatic nitrogens is 1.